The topological polar surface area (TPSA) is 500 Å². The number of hydrogen-bond acceptors (Lipinski definition) is 24. The second-order valence-electron chi connectivity index (χ2n) is 11.7. The first-order valence-electron chi connectivity index (χ1n) is 15.2. The Bertz CT molecular complexity index is 2490. The molecule has 2 aliphatic heterocycles. The molecule has 38 heteroatoms. The number of nitrogens with zero attached hydrogens (tertiary/aromatic N) is 7. The minimum absolute atomic E-state index is 0.0145. The van der Waals surface area contributed by atoms with Gasteiger partial charge in [-0.1, -0.05) is 0 Å². The molecule has 0 bridgehead atoms. The van der Waals surface area contributed by atoms with Crippen LogP contribution >= 0.6 is 39.1 Å². The summed E-state index contributed by atoms with van der Waals surface area (Å²) < 4.78 is 102. The van der Waals surface area contributed by atoms with E-state index in [4.69, 9.17) is 54.1 Å². The zero-order valence-corrected chi connectivity index (χ0v) is 32.5. The van der Waals surface area contributed by atoms with Crippen molar-refractivity contribution in [3.63, 3.8) is 0 Å². The molecule has 0 spiro atoms. The highest BCUT2D eigenvalue weighted by Gasteiger charge is 2.53. The smallest absolute Gasteiger partial charge is 0.387 e. The van der Waals surface area contributed by atoms with Gasteiger partial charge in [-0.25, -0.2) is 42.8 Å². The normalized spacial score (nSPS) is 28.8. The second kappa shape index (κ2) is 16.1. The number of nitrogens with two attached hydrogens (primary N) is 2. The first-order valence-corrected chi connectivity index (χ1v) is 22.8. The molecule has 0 aliphatic carbocycles. The van der Waals surface area contributed by atoms with E-state index >= 15 is 0 Å². The first kappa shape index (κ1) is 44.5. The number of aliphatic hydroxyl groups excluding tert-OH is 3. The van der Waals surface area contributed by atoms with E-state index < -0.39 is 118 Å². The van der Waals surface area contributed by atoms with Gasteiger partial charge in [-0.3, -0.25) is 32.5 Å². The number of nitrogen functional groups attached to an aromatic ring is 2. The van der Waals surface area contributed by atoms with Gasteiger partial charge in [-0.05, 0) is 0 Å². The number of fused-ring (bicyclic) bond motifs is 2. The van der Waals surface area contributed by atoms with E-state index in [0.29, 0.717) is 0 Å². The van der Waals surface area contributed by atoms with E-state index in [-0.39, 0.29) is 22.6 Å². The van der Waals surface area contributed by atoms with Gasteiger partial charge in [0.1, 0.15) is 48.5 Å². The van der Waals surface area contributed by atoms with Gasteiger partial charge in [-0.2, -0.15) is 17.9 Å². The van der Waals surface area contributed by atoms with Gasteiger partial charge in [0, 0.05) is 0 Å². The Balaban J connectivity index is 1.28. The third-order valence-corrected chi connectivity index (χ3v) is 14.1. The molecule has 2 aliphatic rings. The quantitative estimate of drug-likeness (QED) is 0.0497. The highest BCUT2D eigenvalue weighted by molar-refractivity contribution is 7.66. The van der Waals surface area contributed by atoms with Crippen molar-refractivity contribution in [1.29, 1.82) is 0 Å². The molecule has 58 heavy (non-hydrogen) atoms. The van der Waals surface area contributed by atoms with Crippen molar-refractivity contribution in [3.05, 3.63) is 29.3 Å². The summed E-state index contributed by atoms with van der Waals surface area (Å²) in [6, 6.07) is 0. The van der Waals surface area contributed by atoms with Crippen LogP contribution in [0.15, 0.2) is 23.8 Å². The standard InChI is InChI=1S/C20H29N10O23P5/c21-14-8-15(24-3-23-14)29(4-25-8)18-11(32)10(31)6(48-18)1-46-58(45,53-57(43,44)52-55(38,39)40)47-2-7-13(50-56(41,42)51-54(35,36)37)12(33)19(49-7)30-5-26-9-16(30)27-20(22)28-17(9)34/h3-7,10-13,18-19,31-33H,1-2H2,(H,41,42)(H,43,44)(H2,21,23,24)(H2,35,36,37)(H2,38,39,40)(H3,22,27,28,34)/t6-,7-,10-,11-,12-,13-,18-,19-,58?/m1/s1. The number of H-pyrrole nitrogens is 1. The molecule has 4 aromatic rings. The van der Waals surface area contributed by atoms with Crippen molar-refractivity contribution >= 4 is 73.2 Å². The van der Waals surface area contributed by atoms with Crippen LogP contribution < -0.4 is 17.0 Å². The molecule has 2 fully saturated rings. The van der Waals surface area contributed by atoms with E-state index in [1.165, 1.54) is 0 Å². The summed E-state index contributed by atoms with van der Waals surface area (Å²) in [6.45, 7) is -2.65. The molecular weight excluding hydrogens is 903 g/mol. The molecule has 11 atom stereocenters. The average Bonchev–Trinajstić information content (AvgIpc) is 3.82. The van der Waals surface area contributed by atoms with Crippen molar-refractivity contribution in [3.8, 4) is 0 Å². The van der Waals surface area contributed by atoms with Gasteiger partial charge in [0.2, 0.25) is 5.95 Å². The maximum atomic E-state index is 13.9. The van der Waals surface area contributed by atoms with Crippen LogP contribution in [0.1, 0.15) is 12.5 Å². The Morgan fingerprint density at radius 1 is 0.707 bits per heavy atom. The Morgan fingerprint density at radius 3 is 1.90 bits per heavy atom. The van der Waals surface area contributed by atoms with E-state index in [1.807, 2.05) is 0 Å². The van der Waals surface area contributed by atoms with E-state index in [0.717, 1.165) is 28.1 Å². The number of aromatic nitrogens is 8. The highest BCUT2D eigenvalue weighted by Crippen LogP contribution is 2.68. The van der Waals surface area contributed by atoms with Crippen molar-refractivity contribution in [2.24, 2.45) is 0 Å². The van der Waals surface area contributed by atoms with E-state index in [1.54, 1.807) is 0 Å². The zero-order chi connectivity index (χ0) is 42.7. The molecular formula is C20H29N10O23P5. The fourth-order valence-electron chi connectivity index (χ4n) is 5.49. The van der Waals surface area contributed by atoms with Crippen molar-refractivity contribution in [1.82, 2.24) is 39.0 Å². The van der Waals surface area contributed by atoms with Crippen molar-refractivity contribution < 1.29 is 103 Å². The van der Waals surface area contributed by atoms with Crippen LogP contribution in [0.3, 0.4) is 0 Å². The maximum absolute atomic E-state index is 13.9. The van der Waals surface area contributed by atoms with Crippen LogP contribution in [-0.2, 0) is 58.8 Å². The number of imidazole rings is 2. The summed E-state index contributed by atoms with van der Waals surface area (Å²) in [7, 11) is -29.7. The highest BCUT2D eigenvalue weighted by atomic mass is 31.3. The molecule has 0 aromatic carbocycles. The second-order valence-corrected chi connectivity index (χ2v) is 19.1. The fourth-order valence-corrected chi connectivity index (χ4v) is 10.9. The Labute approximate surface area is 318 Å². The molecule has 0 radical (unpaired) electrons. The molecule has 0 saturated carbocycles. The number of rotatable bonds is 16. The molecule has 322 valence electrons. The molecule has 4 aromatic heterocycles. The minimum Gasteiger partial charge on any atom is -0.387 e. The maximum Gasteiger partial charge on any atom is 0.490 e. The fraction of sp³-hybridized carbons (Fsp3) is 0.500. The van der Waals surface area contributed by atoms with Crippen LogP contribution in [0.4, 0.5) is 11.8 Å². The number of phosphoric ester groups is 2. The number of hydrogen-bond donors (Lipinski definition) is 12. The summed E-state index contributed by atoms with van der Waals surface area (Å²) in [4.78, 5) is 90.4. The summed E-state index contributed by atoms with van der Waals surface area (Å²) in [5, 5.41) is 32.7. The summed E-state index contributed by atoms with van der Waals surface area (Å²) in [5.41, 5.74) is 9.78. The number of ether oxygens (including phenoxy) is 2. The third kappa shape index (κ3) is 9.94. The number of aromatic amines is 1. The predicted octanol–water partition coefficient (Wildman–Crippen LogP) is -3.04. The van der Waals surface area contributed by atoms with Gasteiger partial charge in [-0.15, -0.1) is 0 Å². The van der Waals surface area contributed by atoms with Crippen LogP contribution in [-0.4, -0.2) is 134 Å². The van der Waals surface area contributed by atoms with Gasteiger partial charge < -0.3 is 65.6 Å². The molecule has 6 heterocycles. The van der Waals surface area contributed by atoms with Crippen LogP contribution in [0.5, 0.6) is 0 Å². The molecule has 0 amide bonds. The van der Waals surface area contributed by atoms with Gasteiger partial charge in [0.25, 0.3) is 5.56 Å². The summed E-state index contributed by atoms with van der Waals surface area (Å²) in [6.07, 6.45) is -12.6. The summed E-state index contributed by atoms with van der Waals surface area (Å²) >= 11 is 0. The monoisotopic (exact) mass is 932 g/mol. The summed E-state index contributed by atoms with van der Waals surface area (Å²) in [5.74, 6) is -0.538. The Kier molecular flexibility index (Phi) is 12.4. The van der Waals surface area contributed by atoms with Crippen LogP contribution in [0, 0.1) is 0 Å². The number of aliphatic hydroxyl groups is 3. The van der Waals surface area contributed by atoms with E-state index in [2.05, 4.69) is 42.8 Å². The number of phosphoric acid groups is 5. The van der Waals surface area contributed by atoms with Crippen molar-refractivity contribution in [2.75, 3.05) is 24.7 Å². The molecule has 14 N–H and O–H groups in total. The lowest BCUT2D eigenvalue weighted by molar-refractivity contribution is -0.0605. The third-order valence-electron chi connectivity index (χ3n) is 7.70. The van der Waals surface area contributed by atoms with Gasteiger partial charge in [0.15, 0.2) is 35.1 Å². The SMILES string of the molecule is Nc1nc2c(ncn2[C@@H]2O[C@H](COP(=O)(OC[C@H]3O[C@@H](n4cnc5c(N)ncnc54)[C@H](O)[C@@H]3O)OP(=O)(O)OP(=O)(O)O)[C@@H](OP(=O)(O)OP(=O)(O)O)[C@H]2O)c(=O)[nH]1. The Morgan fingerprint density at radius 2 is 1.26 bits per heavy atom. The van der Waals surface area contributed by atoms with Crippen molar-refractivity contribution in [2.45, 2.75) is 49.1 Å². The van der Waals surface area contributed by atoms with Gasteiger partial charge in [0.05, 0.1) is 25.9 Å². The molecule has 6 rings (SSSR count). The van der Waals surface area contributed by atoms with Crippen LogP contribution in [0.2, 0.25) is 0 Å². The largest absolute Gasteiger partial charge is 0.490 e. The lowest BCUT2D eigenvalue weighted by Crippen LogP contribution is -2.36. The van der Waals surface area contributed by atoms with E-state index in [9.17, 15) is 52.7 Å². The predicted molar refractivity (Wildman–Crippen MR) is 180 cm³/mol. The lowest BCUT2D eigenvalue weighted by atomic mass is 10.1. The molecule has 33 nitrogen and oxygen atoms in total. The lowest BCUT2D eigenvalue weighted by Gasteiger charge is -2.25. The minimum atomic E-state index is -6.19. The molecule has 3 unspecified atom stereocenters. The number of anilines is 2. The van der Waals surface area contributed by atoms with Crippen LogP contribution in [0.25, 0.3) is 22.3 Å². The Hall–Kier alpha value is -3.03. The molecule has 2 saturated heterocycles. The first-order chi connectivity index (χ1) is 26.8. The van der Waals surface area contributed by atoms with Gasteiger partial charge >= 0.3 is 39.1 Å². The zero-order valence-electron chi connectivity index (χ0n) is 28.0. The number of nitrogens with one attached hydrogen (secondary N) is 1. The average molecular weight is 932 g/mol.